The van der Waals surface area contributed by atoms with Gasteiger partial charge in [-0.2, -0.15) is 0 Å². The van der Waals surface area contributed by atoms with E-state index in [0.29, 0.717) is 0 Å². The number of benzene rings is 2. The number of aromatic nitrogens is 1. The first-order valence-electron chi connectivity index (χ1n) is 9.77. The number of thioether (sulfide) groups is 1. The fourth-order valence-electron chi connectivity index (χ4n) is 3.66. The van der Waals surface area contributed by atoms with E-state index in [1.165, 1.54) is 18.2 Å². The van der Waals surface area contributed by atoms with Crippen LogP contribution in [-0.2, 0) is 11.3 Å². The zero-order valence-electron chi connectivity index (χ0n) is 17.3. The van der Waals surface area contributed by atoms with Gasteiger partial charge in [0.1, 0.15) is 5.82 Å². The van der Waals surface area contributed by atoms with Crippen molar-refractivity contribution in [3.63, 3.8) is 0 Å². The second-order valence-corrected chi connectivity index (χ2v) is 8.37. The Morgan fingerprint density at radius 1 is 1.09 bits per heavy atom. The Hall–Kier alpha value is -3.65. The molecule has 1 fully saturated rings. The lowest BCUT2D eigenvalue weighted by Crippen LogP contribution is -2.27. The second kappa shape index (κ2) is 8.47. The summed E-state index contributed by atoms with van der Waals surface area (Å²) in [5, 5.41) is 8.65. The maximum absolute atomic E-state index is 14.0. The number of carbonyl (C=O) groups is 3. The maximum Gasteiger partial charge on any atom is 0.335 e. The van der Waals surface area contributed by atoms with E-state index < -0.39 is 22.9 Å². The zero-order valence-corrected chi connectivity index (χ0v) is 18.1. The molecule has 1 saturated heterocycles. The van der Waals surface area contributed by atoms with E-state index in [0.717, 1.165) is 39.3 Å². The highest BCUT2D eigenvalue weighted by Gasteiger charge is 2.35. The molecule has 0 bridgehead atoms. The molecule has 3 aromatic rings. The Kier molecular flexibility index (Phi) is 5.71. The third-order valence-electron chi connectivity index (χ3n) is 5.29. The normalized spacial score (nSPS) is 15.1. The molecule has 1 N–H and O–H groups in total. The predicted octanol–water partition coefficient (Wildman–Crippen LogP) is 5.17. The van der Waals surface area contributed by atoms with Gasteiger partial charge in [0.25, 0.3) is 11.1 Å². The van der Waals surface area contributed by atoms with Crippen LogP contribution >= 0.6 is 11.8 Å². The highest BCUT2D eigenvalue weighted by molar-refractivity contribution is 8.18. The second-order valence-electron chi connectivity index (χ2n) is 7.37. The van der Waals surface area contributed by atoms with Gasteiger partial charge < -0.3 is 9.67 Å². The van der Waals surface area contributed by atoms with Gasteiger partial charge in [0.15, 0.2) is 0 Å². The lowest BCUT2D eigenvalue weighted by atomic mass is 10.2. The molecule has 32 heavy (non-hydrogen) atoms. The van der Waals surface area contributed by atoms with Gasteiger partial charge in [-0.25, -0.2) is 9.18 Å². The molecule has 1 aromatic heterocycles. The summed E-state index contributed by atoms with van der Waals surface area (Å²) in [6, 6.07) is 14.4. The van der Waals surface area contributed by atoms with Gasteiger partial charge in [0.05, 0.1) is 17.0 Å². The number of halogens is 1. The summed E-state index contributed by atoms with van der Waals surface area (Å²) in [6.07, 6.45) is 1.66. The van der Waals surface area contributed by atoms with Crippen LogP contribution in [0.4, 0.5) is 9.18 Å². The number of imide groups is 1. The molecular formula is C24H19FN2O4S. The summed E-state index contributed by atoms with van der Waals surface area (Å²) in [6.45, 7) is 3.66. The number of aromatic carboxylic acids is 1. The number of amides is 2. The summed E-state index contributed by atoms with van der Waals surface area (Å²) in [7, 11) is 0. The Morgan fingerprint density at radius 2 is 1.78 bits per heavy atom. The van der Waals surface area contributed by atoms with E-state index in [4.69, 9.17) is 5.11 Å². The van der Waals surface area contributed by atoms with Crippen molar-refractivity contribution < 1.29 is 23.9 Å². The smallest absolute Gasteiger partial charge is 0.335 e. The molecule has 0 spiro atoms. The van der Waals surface area contributed by atoms with Crippen LogP contribution in [0.25, 0.3) is 11.8 Å². The molecule has 0 saturated carbocycles. The number of aryl methyl sites for hydroxylation is 1. The SMILES string of the molecule is Cc1cc(/C=C2/SC(=O)N(Cc3ccccc3F)C2=O)c(C)n1-c1ccc(C(=O)O)cc1. The first-order valence-corrected chi connectivity index (χ1v) is 10.6. The van der Waals surface area contributed by atoms with Crippen LogP contribution in [0.15, 0.2) is 59.5 Å². The third kappa shape index (κ3) is 3.97. The van der Waals surface area contributed by atoms with Gasteiger partial charge in [-0.1, -0.05) is 18.2 Å². The van der Waals surface area contributed by atoms with Crippen LogP contribution in [0.5, 0.6) is 0 Å². The number of carbonyl (C=O) groups excluding carboxylic acids is 2. The third-order valence-corrected chi connectivity index (χ3v) is 6.20. The molecule has 1 aliphatic rings. The van der Waals surface area contributed by atoms with E-state index in [1.807, 2.05) is 24.5 Å². The molecule has 2 heterocycles. The van der Waals surface area contributed by atoms with E-state index in [2.05, 4.69) is 0 Å². The lowest BCUT2D eigenvalue weighted by molar-refractivity contribution is -0.123. The van der Waals surface area contributed by atoms with Crippen molar-refractivity contribution in [2.75, 3.05) is 0 Å². The zero-order chi connectivity index (χ0) is 23.0. The first kappa shape index (κ1) is 21.6. The lowest BCUT2D eigenvalue weighted by Gasteiger charge is -2.12. The quantitative estimate of drug-likeness (QED) is 0.543. The van der Waals surface area contributed by atoms with Crippen molar-refractivity contribution >= 4 is 35.0 Å². The molecule has 162 valence electrons. The minimum Gasteiger partial charge on any atom is -0.478 e. The van der Waals surface area contributed by atoms with Crippen LogP contribution in [0.3, 0.4) is 0 Å². The molecule has 2 aromatic carbocycles. The minimum atomic E-state index is -0.996. The summed E-state index contributed by atoms with van der Waals surface area (Å²) >= 11 is 0.828. The van der Waals surface area contributed by atoms with Crippen molar-refractivity contribution in [3.05, 3.63) is 93.4 Å². The van der Waals surface area contributed by atoms with Crippen molar-refractivity contribution in [3.8, 4) is 5.69 Å². The average Bonchev–Trinajstić information content (AvgIpc) is 3.19. The standard InChI is InChI=1S/C24H19FN2O4S/c1-14-11-18(15(2)27(14)19-9-7-16(8-10-19)23(29)30)12-21-22(28)26(24(31)32-21)13-17-5-3-4-6-20(17)25/h3-12H,13H2,1-2H3,(H,29,30)/b21-12+. The molecule has 0 unspecified atom stereocenters. The van der Waals surface area contributed by atoms with Crippen molar-refractivity contribution in [1.82, 2.24) is 9.47 Å². The van der Waals surface area contributed by atoms with Crippen molar-refractivity contribution in [2.45, 2.75) is 20.4 Å². The van der Waals surface area contributed by atoms with Gasteiger partial charge in [0.2, 0.25) is 0 Å². The highest BCUT2D eigenvalue weighted by Crippen LogP contribution is 2.35. The summed E-state index contributed by atoms with van der Waals surface area (Å²) in [5.74, 6) is -1.92. The molecular weight excluding hydrogens is 431 g/mol. The molecule has 0 aliphatic carbocycles. The summed E-state index contributed by atoms with van der Waals surface area (Å²) in [5.41, 5.74) is 3.76. The molecule has 6 nitrogen and oxygen atoms in total. The van der Waals surface area contributed by atoms with Crippen LogP contribution < -0.4 is 0 Å². The number of carboxylic acid groups (broad SMARTS) is 1. The molecule has 2 amide bonds. The predicted molar refractivity (Wildman–Crippen MR) is 120 cm³/mol. The summed E-state index contributed by atoms with van der Waals surface area (Å²) < 4.78 is 15.9. The number of nitrogens with zero attached hydrogens (tertiary/aromatic N) is 2. The molecule has 1 aliphatic heterocycles. The number of hydrogen-bond acceptors (Lipinski definition) is 4. The largest absolute Gasteiger partial charge is 0.478 e. The molecule has 4 rings (SSSR count). The number of rotatable bonds is 5. The fourth-order valence-corrected chi connectivity index (χ4v) is 4.49. The first-order chi connectivity index (χ1) is 15.3. The van der Waals surface area contributed by atoms with Gasteiger partial charge in [0, 0.05) is 22.6 Å². The van der Waals surface area contributed by atoms with Crippen LogP contribution in [0.2, 0.25) is 0 Å². The van der Waals surface area contributed by atoms with E-state index >= 15 is 0 Å². The fraction of sp³-hybridized carbons (Fsp3) is 0.125. The topological polar surface area (TPSA) is 79.6 Å². The highest BCUT2D eigenvalue weighted by atomic mass is 32.2. The van der Waals surface area contributed by atoms with Crippen LogP contribution in [0, 0.1) is 19.7 Å². The maximum atomic E-state index is 14.0. The van der Waals surface area contributed by atoms with Crippen LogP contribution in [-0.4, -0.2) is 31.7 Å². The minimum absolute atomic E-state index is 0.121. The Labute approximate surface area is 188 Å². The Bertz CT molecular complexity index is 1280. The van der Waals surface area contributed by atoms with E-state index in [-0.39, 0.29) is 22.6 Å². The van der Waals surface area contributed by atoms with Crippen LogP contribution in [0.1, 0.15) is 32.9 Å². The van der Waals surface area contributed by atoms with E-state index in [9.17, 15) is 18.8 Å². The number of carboxylic acids is 1. The van der Waals surface area contributed by atoms with Gasteiger partial charge in [-0.15, -0.1) is 0 Å². The van der Waals surface area contributed by atoms with Crippen molar-refractivity contribution in [1.29, 1.82) is 0 Å². The Morgan fingerprint density at radius 3 is 2.44 bits per heavy atom. The average molecular weight is 450 g/mol. The monoisotopic (exact) mass is 450 g/mol. The van der Waals surface area contributed by atoms with Crippen molar-refractivity contribution in [2.24, 2.45) is 0 Å². The molecule has 0 radical (unpaired) electrons. The van der Waals surface area contributed by atoms with E-state index in [1.54, 1.807) is 36.4 Å². The summed E-state index contributed by atoms with van der Waals surface area (Å²) in [4.78, 5) is 37.7. The molecule has 0 atom stereocenters. The molecule has 8 heteroatoms. The Balaban J connectivity index is 1.62. The van der Waals surface area contributed by atoms with Gasteiger partial charge in [-0.3, -0.25) is 14.5 Å². The number of hydrogen-bond donors (Lipinski definition) is 1. The van der Waals surface area contributed by atoms with Gasteiger partial charge >= 0.3 is 5.97 Å². The van der Waals surface area contributed by atoms with Gasteiger partial charge in [-0.05, 0) is 73.6 Å².